The molecule has 0 aliphatic carbocycles. The van der Waals surface area contributed by atoms with E-state index in [0.717, 1.165) is 18.2 Å². The number of imidazole rings is 1. The summed E-state index contributed by atoms with van der Waals surface area (Å²) in [7, 11) is 6.25. The highest BCUT2D eigenvalue weighted by atomic mass is 19.1. The molecule has 0 unspecified atom stereocenters. The van der Waals surface area contributed by atoms with Crippen LogP contribution < -0.4 is 5.32 Å². The van der Waals surface area contributed by atoms with E-state index in [1.165, 1.54) is 21.1 Å². The van der Waals surface area contributed by atoms with Crippen LogP contribution in [0.2, 0.25) is 0 Å². The number of hydrogen-bond acceptors (Lipinski definition) is 15. The number of pyridine rings is 1. The van der Waals surface area contributed by atoms with Gasteiger partial charge in [0.1, 0.15) is 24.4 Å². The van der Waals surface area contributed by atoms with E-state index in [1.54, 1.807) is 63.4 Å². The van der Waals surface area contributed by atoms with Crippen molar-refractivity contribution in [3.05, 3.63) is 37.1 Å². The van der Waals surface area contributed by atoms with E-state index in [4.69, 9.17) is 28.4 Å². The molecule has 1 amide bonds. The topological polar surface area (TPSA) is 196 Å². The van der Waals surface area contributed by atoms with E-state index in [2.05, 4.69) is 15.3 Å². The minimum Gasteiger partial charge on any atom is -0.455 e. The van der Waals surface area contributed by atoms with E-state index in [1.807, 2.05) is 36.7 Å². The highest BCUT2D eigenvalue weighted by molar-refractivity contribution is 6.07. The van der Waals surface area contributed by atoms with Crippen molar-refractivity contribution in [1.82, 2.24) is 29.7 Å². The Labute approximate surface area is 358 Å². The van der Waals surface area contributed by atoms with Crippen molar-refractivity contribution in [3.8, 4) is 11.3 Å². The van der Waals surface area contributed by atoms with E-state index in [-0.39, 0.29) is 25.5 Å². The van der Waals surface area contributed by atoms with Crippen LogP contribution in [0.4, 0.5) is 9.18 Å². The third-order valence-corrected chi connectivity index (χ3v) is 12.8. The highest BCUT2D eigenvalue weighted by Crippen LogP contribution is 2.41. The fraction of sp³-hybridized carbons (Fsp3) is 0.744. The van der Waals surface area contributed by atoms with Gasteiger partial charge in [0.15, 0.2) is 17.7 Å². The largest absolute Gasteiger partial charge is 0.455 e. The number of ketones is 1. The van der Waals surface area contributed by atoms with Crippen molar-refractivity contribution in [2.45, 2.75) is 159 Å². The number of alkyl halides is 1. The first-order chi connectivity index (χ1) is 28.7. The second-order valence-corrected chi connectivity index (χ2v) is 17.7. The molecule has 0 spiro atoms. The number of unbranched alkanes of at least 4 members (excludes halogenated alkanes) is 1. The average molecular weight is 863 g/mol. The van der Waals surface area contributed by atoms with Crippen LogP contribution in [0.15, 0.2) is 37.1 Å². The van der Waals surface area contributed by atoms with Gasteiger partial charge < -0.3 is 53.4 Å². The van der Waals surface area contributed by atoms with E-state index in [0.29, 0.717) is 25.9 Å². The zero-order valence-corrected chi connectivity index (χ0v) is 37.4. The summed E-state index contributed by atoms with van der Waals surface area (Å²) < 4.78 is 55.0. The minimum absolute atomic E-state index is 0.0355. The van der Waals surface area contributed by atoms with Crippen molar-refractivity contribution >= 4 is 17.8 Å². The van der Waals surface area contributed by atoms with Gasteiger partial charge in [0.2, 0.25) is 0 Å². The Balaban J connectivity index is 1.44. The number of carbonyl (C=O) groups is 3. The summed E-state index contributed by atoms with van der Waals surface area (Å²) >= 11 is 0. The molecule has 0 saturated carbocycles. The van der Waals surface area contributed by atoms with Crippen molar-refractivity contribution in [2.75, 3.05) is 41.5 Å². The second-order valence-electron chi connectivity index (χ2n) is 17.7. The number of aliphatic hydroxyl groups excluding tert-OH is 2. The molecule has 3 fully saturated rings. The van der Waals surface area contributed by atoms with Crippen LogP contribution in [0.1, 0.15) is 74.1 Å². The van der Waals surface area contributed by atoms with Crippen LogP contribution in [-0.4, -0.2) is 172 Å². The normalized spacial score (nSPS) is 37.9. The Hall–Kier alpha value is -3.62. The van der Waals surface area contributed by atoms with Gasteiger partial charge in [0.25, 0.3) is 5.67 Å². The summed E-state index contributed by atoms with van der Waals surface area (Å²) in [5, 5.41) is 26.3. The van der Waals surface area contributed by atoms with Crippen LogP contribution in [0.3, 0.4) is 0 Å². The quantitative estimate of drug-likeness (QED) is 0.151. The fourth-order valence-corrected chi connectivity index (χ4v) is 9.62. The number of methoxy groups -OCH3 is 2. The molecule has 342 valence electrons. The number of aromatic nitrogens is 3. The predicted octanol–water partition coefficient (Wildman–Crippen LogP) is 3.14. The molecule has 5 rings (SSSR count). The number of cyclic esters (lactones) is 1. The molecule has 2 aromatic heterocycles. The van der Waals surface area contributed by atoms with Gasteiger partial charge in [0, 0.05) is 69.5 Å². The van der Waals surface area contributed by atoms with Crippen LogP contribution in [0.25, 0.3) is 11.3 Å². The van der Waals surface area contributed by atoms with Crippen LogP contribution in [0, 0.1) is 5.92 Å². The van der Waals surface area contributed by atoms with Crippen molar-refractivity contribution in [2.24, 2.45) is 5.92 Å². The molecule has 2 aromatic rings. The van der Waals surface area contributed by atoms with Crippen LogP contribution in [-0.2, 0) is 44.6 Å². The lowest BCUT2D eigenvalue weighted by molar-refractivity contribution is -0.320. The summed E-state index contributed by atoms with van der Waals surface area (Å²) in [6.45, 7) is 12.2. The molecule has 0 aromatic carbocycles. The number of aliphatic hydroxyl groups is 2. The van der Waals surface area contributed by atoms with Gasteiger partial charge in [-0.05, 0) is 86.5 Å². The summed E-state index contributed by atoms with van der Waals surface area (Å²) in [6.07, 6.45) is 0.798. The van der Waals surface area contributed by atoms with Crippen LogP contribution in [0.5, 0.6) is 0 Å². The lowest BCUT2D eigenvalue weighted by Gasteiger charge is -2.49. The molecule has 17 nitrogen and oxygen atoms in total. The zero-order chi connectivity index (χ0) is 45.0. The average Bonchev–Trinajstić information content (AvgIpc) is 3.79. The van der Waals surface area contributed by atoms with Crippen molar-refractivity contribution in [1.29, 1.82) is 0 Å². The van der Waals surface area contributed by atoms with Gasteiger partial charge in [-0.3, -0.25) is 14.7 Å². The summed E-state index contributed by atoms with van der Waals surface area (Å²) in [5.74, 6) is -3.95. The lowest BCUT2D eigenvalue weighted by Crippen LogP contribution is -2.66. The Bertz CT molecular complexity index is 1790. The van der Waals surface area contributed by atoms with E-state index < -0.39 is 95.6 Å². The SMILES string of the molecule is CC[C@H]1OC(=O)[C@@](C)(F)C(=O)[C@H](C)[C@@H](O[C@@H]2O[C@H](COC)[C@@H](O)[C@H](N(C)C)[C@H]2O)[C@@](C)(OC)C[C@@H](C)N[C@H](C)[C@H]2N(CCCCn3cnc(-c4cccnc4)c3)C(=O)O[C@]12C. The summed E-state index contributed by atoms with van der Waals surface area (Å²) in [4.78, 5) is 54.1. The molecule has 3 saturated heterocycles. The third kappa shape index (κ3) is 10.1. The van der Waals surface area contributed by atoms with E-state index in [9.17, 15) is 24.6 Å². The van der Waals surface area contributed by atoms with Crippen LogP contribution >= 0.6 is 0 Å². The molecule has 3 aliphatic rings. The molecule has 3 N–H and O–H groups in total. The van der Waals surface area contributed by atoms with Gasteiger partial charge in [-0.15, -0.1) is 0 Å². The van der Waals surface area contributed by atoms with Gasteiger partial charge in [0.05, 0.1) is 42.4 Å². The molecule has 5 heterocycles. The molecule has 18 heteroatoms. The smallest absolute Gasteiger partial charge is 0.410 e. The number of esters is 1. The van der Waals surface area contributed by atoms with Gasteiger partial charge in [-0.1, -0.05) is 13.8 Å². The molecular formula is C43H67FN6O11. The first-order valence-corrected chi connectivity index (χ1v) is 21.2. The van der Waals surface area contributed by atoms with E-state index >= 15 is 4.39 Å². The van der Waals surface area contributed by atoms with Gasteiger partial charge in [-0.2, -0.15) is 0 Å². The maximum atomic E-state index is 17.0. The Morgan fingerprint density at radius 3 is 2.39 bits per heavy atom. The first-order valence-electron chi connectivity index (χ1n) is 21.2. The lowest BCUT2D eigenvalue weighted by atomic mass is 9.78. The number of rotatable bonds is 13. The minimum atomic E-state index is -3.19. The molecule has 0 radical (unpaired) electrons. The van der Waals surface area contributed by atoms with Gasteiger partial charge >= 0.3 is 12.1 Å². The molecule has 0 bridgehead atoms. The number of aryl methyl sites for hydroxylation is 1. The highest BCUT2D eigenvalue weighted by Gasteiger charge is 2.61. The fourth-order valence-electron chi connectivity index (χ4n) is 9.62. The van der Waals surface area contributed by atoms with Gasteiger partial charge in [-0.25, -0.2) is 19.0 Å². The summed E-state index contributed by atoms with van der Waals surface area (Å²) in [6, 6.07) is 1.37. The number of carbonyl (C=O) groups excluding carboxylic acids is 3. The third-order valence-electron chi connectivity index (χ3n) is 12.8. The number of nitrogens with zero attached hydrogens (tertiary/aromatic N) is 5. The zero-order valence-electron chi connectivity index (χ0n) is 37.4. The second kappa shape index (κ2) is 19.8. The molecule has 14 atom stereocenters. The molecule has 61 heavy (non-hydrogen) atoms. The monoisotopic (exact) mass is 862 g/mol. The summed E-state index contributed by atoms with van der Waals surface area (Å²) in [5.41, 5.74) is -4.30. The Morgan fingerprint density at radius 2 is 1.77 bits per heavy atom. The maximum absolute atomic E-state index is 17.0. The number of nitrogens with one attached hydrogen (secondary N) is 1. The standard InChI is InChI=1S/C43H67FN6O11/c1-12-31-43(7)35(50(40(55)61-43)19-14-13-18-49-22-29(46-24-49)28-16-15-17-45-21-28)27(4)47-25(2)20-41(5,57-11)37(26(3)36(53)42(6,44)39(54)59-31)60-38-34(52)32(48(8)9)33(51)30(58-38)23-56-10/h15-17,21-22,24-27,30-35,37-38,47,51-52H,12-14,18-20,23H2,1-11H3/t25-,26+,27-,30-,31-,32+,33-,34-,35-,37-,38+,41+,42+,43-/m1/s1. The Kier molecular flexibility index (Phi) is 15.7. The number of halogens is 1. The Morgan fingerprint density at radius 1 is 1.07 bits per heavy atom. The molecule has 3 aliphatic heterocycles. The predicted molar refractivity (Wildman–Crippen MR) is 221 cm³/mol. The number of fused-ring (bicyclic) bond motifs is 1. The number of likely N-dealkylation sites (N-methyl/N-ethyl adjacent to an activating group) is 1. The maximum Gasteiger partial charge on any atom is 0.410 e. The number of hydrogen-bond donors (Lipinski definition) is 3. The number of amides is 1. The first kappa shape index (κ1) is 48.4. The number of Topliss-reactive ketones (excluding diaryl/α,β-unsaturated/α-hetero) is 1. The van der Waals surface area contributed by atoms with Crippen molar-refractivity contribution < 1.29 is 57.4 Å². The number of ether oxygens (including phenoxy) is 6. The molecular weight excluding hydrogens is 796 g/mol. The van der Waals surface area contributed by atoms with Crippen molar-refractivity contribution in [3.63, 3.8) is 0 Å².